The number of benzene rings is 2. The molecule has 2 aromatic carbocycles. The van der Waals surface area contributed by atoms with Crippen LogP contribution < -0.4 is 26.1 Å². The second-order valence-electron chi connectivity index (χ2n) is 6.16. The van der Waals surface area contributed by atoms with Crippen LogP contribution in [0.1, 0.15) is 18.2 Å². The average molecular weight is 396 g/mol. The van der Waals surface area contributed by atoms with E-state index in [4.69, 9.17) is 22.7 Å². The van der Waals surface area contributed by atoms with Gasteiger partial charge in [-0.3, -0.25) is 5.32 Å². The second kappa shape index (κ2) is 8.62. The van der Waals surface area contributed by atoms with Crippen LogP contribution in [0.15, 0.2) is 42.5 Å². The van der Waals surface area contributed by atoms with Gasteiger partial charge in [-0.25, -0.2) is 15.3 Å². The molecule has 0 saturated heterocycles. The molecular formula is C20H23N6OS+. The Labute approximate surface area is 169 Å². The van der Waals surface area contributed by atoms with Gasteiger partial charge in [-0.1, -0.05) is 31.2 Å². The number of hydrogen-bond donors (Lipinski definition) is 4. The minimum Gasteiger partial charge on any atom is -0.494 e. The van der Waals surface area contributed by atoms with Crippen molar-refractivity contribution in [2.24, 2.45) is 5.73 Å². The summed E-state index contributed by atoms with van der Waals surface area (Å²) in [5.41, 5.74) is 9.69. The lowest BCUT2D eigenvalue weighted by Gasteiger charge is -2.08. The van der Waals surface area contributed by atoms with Crippen molar-refractivity contribution in [1.29, 1.82) is 0 Å². The molecule has 3 aromatic rings. The Balaban J connectivity index is 1.75. The zero-order valence-electron chi connectivity index (χ0n) is 16.0. The molecule has 8 heteroatoms. The predicted octanol–water partition coefficient (Wildman–Crippen LogP) is 1.71. The lowest BCUT2D eigenvalue weighted by molar-refractivity contribution is -0.311. The molecule has 28 heavy (non-hydrogen) atoms. The number of anilines is 2. The molecule has 0 bridgehead atoms. The Hall–Kier alpha value is -3.26. The standard InChI is InChI=1S/C20H22N6OS/c1-4-13-8-10-14(11-9-13)23-20(28)26-18(21)25-19-22-12(2)15-6-5-7-16(27-3)17(15)24-19/h5-11H,4H2,1-3H3,(H4,21,22,23,24,25,26,28)/p+1. The lowest BCUT2D eigenvalue weighted by Crippen LogP contribution is -2.82. The summed E-state index contributed by atoms with van der Waals surface area (Å²) >= 11 is 5.31. The number of aryl methyl sites for hydroxylation is 2. The molecule has 3 rings (SSSR count). The molecule has 0 unspecified atom stereocenters. The number of thiocarbonyl (C=S) groups is 1. The van der Waals surface area contributed by atoms with E-state index in [-0.39, 0.29) is 5.96 Å². The number of ether oxygens (including phenoxy) is 1. The highest BCUT2D eigenvalue weighted by Gasteiger charge is 2.12. The molecule has 1 heterocycles. The molecule has 0 aliphatic carbocycles. The number of methoxy groups -OCH3 is 1. The predicted molar refractivity (Wildman–Crippen MR) is 117 cm³/mol. The summed E-state index contributed by atoms with van der Waals surface area (Å²) < 4.78 is 5.39. The first-order valence-electron chi connectivity index (χ1n) is 8.88. The van der Waals surface area contributed by atoms with Crippen LogP contribution >= 0.6 is 12.2 Å². The summed E-state index contributed by atoms with van der Waals surface area (Å²) in [5.74, 6) is 1.25. The third-order valence-corrected chi connectivity index (χ3v) is 4.42. The van der Waals surface area contributed by atoms with Crippen molar-refractivity contribution in [3.63, 3.8) is 0 Å². The van der Waals surface area contributed by atoms with Gasteiger partial charge in [-0.15, -0.1) is 0 Å². The van der Waals surface area contributed by atoms with E-state index < -0.39 is 0 Å². The first-order valence-corrected chi connectivity index (χ1v) is 9.28. The molecule has 0 atom stereocenters. The molecule has 5 N–H and O–H groups in total. The highest BCUT2D eigenvalue weighted by atomic mass is 32.1. The molecular weight excluding hydrogens is 372 g/mol. The summed E-state index contributed by atoms with van der Waals surface area (Å²) in [5, 5.41) is 7.31. The van der Waals surface area contributed by atoms with E-state index in [2.05, 4.69) is 44.7 Å². The normalized spacial score (nSPS) is 11.3. The number of nitrogens with zero attached hydrogens (tertiary/aromatic N) is 2. The van der Waals surface area contributed by atoms with E-state index >= 15 is 0 Å². The molecule has 0 amide bonds. The fourth-order valence-corrected chi connectivity index (χ4v) is 2.99. The number of rotatable bonds is 4. The zero-order chi connectivity index (χ0) is 20.1. The molecule has 0 radical (unpaired) electrons. The summed E-state index contributed by atoms with van der Waals surface area (Å²) in [7, 11) is 1.61. The van der Waals surface area contributed by atoms with Crippen molar-refractivity contribution in [3.8, 4) is 5.75 Å². The van der Waals surface area contributed by atoms with Gasteiger partial charge in [0.2, 0.25) is 0 Å². The summed E-state index contributed by atoms with van der Waals surface area (Å²) in [6.07, 6.45) is 0.990. The van der Waals surface area contributed by atoms with Crippen LogP contribution in [0, 0.1) is 6.92 Å². The minimum absolute atomic E-state index is 0.219. The maximum atomic E-state index is 6.03. The maximum absolute atomic E-state index is 6.03. The van der Waals surface area contributed by atoms with Crippen LogP contribution in [0.2, 0.25) is 0 Å². The van der Waals surface area contributed by atoms with Gasteiger partial charge in [0.15, 0.2) is 0 Å². The smallest absolute Gasteiger partial charge is 0.312 e. The second-order valence-corrected chi connectivity index (χ2v) is 6.57. The van der Waals surface area contributed by atoms with Crippen LogP contribution in [-0.2, 0) is 6.42 Å². The number of para-hydroxylation sites is 1. The first kappa shape index (κ1) is 19.5. The highest BCUT2D eigenvalue weighted by Crippen LogP contribution is 2.25. The third kappa shape index (κ3) is 4.52. The highest BCUT2D eigenvalue weighted by molar-refractivity contribution is 7.80. The van der Waals surface area contributed by atoms with Crippen LogP contribution in [0.5, 0.6) is 5.75 Å². The Morgan fingerprint density at radius 3 is 2.57 bits per heavy atom. The van der Waals surface area contributed by atoms with Crippen LogP contribution in [-0.4, -0.2) is 28.1 Å². The van der Waals surface area contributed by atoms with Crippen molar-refractivity contribution in [3.05, 3.63) is 53.7 Å². The summed E-state index contributed by atoms with van der Waals surface area (Å²) in [6.45, 7) is 4.02. The Morgan fingerprint density at radius 1 is 1.14 bits per heavy atom. The number of aromatic nitrogens is 2. The number of guanidine groups is 1. The average Bonchev–Trinajstić information content (AvgIpc) is 2.68. The van der Waals surface area contributed by atoms with E-state index in [0.29, 0.717) is 22.3 Å². The molecule has 0 saturated carbocycles. The van der Waals surface area contributed by atoms with Crippen molar-refractivity contribution >= 4 is 45.8 Å². The van der Waals surface area contributed by atoms with Gasteiger partial charge in [-0.05, 0) is 49.3 Å². The minimum atomic E-state index is 0.219. The number of nitrogens with two attached hydrogens (primary N) is 1. The van der Waals surface area contributed by atoms with Crippen LogP contribution in [0.25, 0.3) is 10.9 Å². The molecule has 7 nitrogen and oxygen atoms in total. The summed E-state index contributed by atoms with van der Waals surface area (Å²) in [6, 6.07) is 13.8. The molecule has 0 fully saturated rings. The first-order chi connectivity index (χ1) is 13.5. The third-order valence-electron chi connectivity index (χ3n) is 4.21. The fourth-order valence-electron chi connectivity index (χ4n) is 2.76. The summed E-state index contributed by atoms with van der Waals surface area (Å²) in [4.78, 5) is 11.8. The van der Waals surface area contributed by atoms with Gasteiger partial charge in [-0.2, -0.15) is 4.98 Å². The molecule has 144 valence electrons. The van der Waals surface area contributed by atoms with Gasteiger partial charge in [0.1, 0.15) is 11.3 Å². The van der Waals surface area contributed by atoms with Gasteiger partial charge < -0.3 is 10.5 Å². The Kier molecular flexibility index (Phi) is 6.00. The number of hydrogen-bond acceptors (Lipinski definition) is 4. The van der Waals surface area contributed by atoms with Crippen molar-refractivity contribution in [2.45, 2.75) is 20.3 Å². The Bertz CT molecular complexity index is 1030. The van der Waals surface area contributed by atoms with Gasteiger partial charge in [0.05, 0.1) is 18.5 Å². The monoisotopic (exact) mass is 395 g/mol. The van der Waals surface area contributed by atoms with Gasteiger partial charge in [0.25, 0.3) is 11.1 Å². The van der Waals surface area contributed by atoms with Crippen molar-refractivity contribution in [1.82, 2.24) is 9.97 Å². The van der Waals surface area contributed by atoms with E-state index in [1.165, 1.54) is 5.56 Å². The van der Waals surface area contributed by atoms with Gasteiger partial charge >= 0.3 is 5.96 Å². The van der Waals surface area contributed by atoms with E-state index in [0.717, 1.165) is 23.2 Å². The Morgan fingerprint density at radius 2 is 1.89 bits per heavy atom. The largest absolute Gasteiger partial charge is 0.494 e. The number of nitrogens with one attached hydrogen (secondary N) is 3. The quantitative estimate of drug-likeness (QED) is 0.303. The maximum Gasteiger partial charge on any atom is 0.312 e. The number of fused-ring (bicyclic) bond motifs is 1. The van der Waals surface area contributed by atoms with Crippen molar-refractivity contribution in [2.75, 3.05) is 17.7 Å². The van der Waals surface area contributed by atoms with Crippen LogP contribution in [0.4, 0.5) is 11.6 Å². The molecule has 0 aliphatic heterocycles. The van der Waals surface area contributed by atoms with E-state index in [1.807, 2.05) is 37.3 Å². The van der Waals surface area contributed by atoms with Crippen molar-refractivity contribution < 1.29 is 9.73 Å². The molecule has 1 aromatic heterocycles. The van der Waals surface area contributed by atoms with E-state index in [1.54, 1.807) is 7.11 Å². The topological polar surface area (TPSA) is 99.1 Å². The fraction of sp³-hybridized carbons (Fsp3) is 0.200. The van der Waals surface area contributed by atoms with Crippen LogP contribution in [0.3, 0.4) is 0 Å². The molecule has 0 aliphatic rings. The molecule has 0 spiro atoms. The van der Waals surface area contributed by atoms with Gasteiger partial charge in [0, 0.05) is 5.39 Å². The lowest BCUT2D eigenvalue weighted by atomic mass is 10.1. The zero-order valence-corrected chi connectivity index (χ0v) is 16.9. The SMILES string of the molecule is CCc1ccc(NC(=S)[NH+]=C(N)Nc2nc(C)c3cccc(OC)c3n2)cc1. The van der Waals surface area contributed by atoms with E-state index in [9.17, 15) is 0 Å².